The van der Waals surface area contributed by atoms with Gasteiger partial charge in [-0.05, 0) is 44.6 Å². The van der Waals surface area contributed by atoms with Crippen LogP contribution in [0.2, 0.25) is 0 Å². The second-order valence-corrected chi connectivity index (χ2v) is 10.3. The molecule has 3 aliphatic rings. The molecule has 2 aliphatic heterocycles. The van der Waals surface area contributed by atoms with Crippen molar-refractivity contribution in [1.82, 2.24) is 20.9 Å². The van der Waals surface area contributed by atoms with Crippen LogP contribution in [0.25, 0.3) is 0 Å². The molecule has 0 spiro atoms. The first kappa shape index (κ1) is 26.6. The average molecular weight is 513 g/mol. The number of benzene rings is 1. The maximum Gasteiger partial charge on any atom is 0.408 e. The predicted octanol–water partition coefficient (Wildman–Crippen LogP) is 1.81. The van der Waals surface area contributed by atoms with E-state index < -0.39 is 47.7 Å². The molecular weight excluding hydrogens is 476 g/mol. The Kier molecular flexibility index (Phi) is 8.78. The number of carbonyl (C=O) groups is 5. The molecule has 3 N–H and O–H groups in total. The van der Waals surface area contributed by atoms with Crippen molar-refractivity contribution in [3.05, 3.63) is 35.9 Å². The molecule has 2 unspecified atom stereocenters. The Hall–Kier alpha value is -3.43. The highest BCUT2D eigenvalue weighted by atomic mass is 16.5. The van der Waals surface area contributed by atoms with Crippen molar-refractivity contribution < 1.29 is 28.7 Å². The third kappa shape index (κ3) is 6.67. The van der Waals surface area contributed by atoms with Crippen LogP contribution in [0, 0.1) is 5.92 Å². The van der Waals surface area contributed by atoms with E-state index >= 15 is 0 Å². The Bertz CT molecular complexity index is 1010. The van der Waals surface area contributed by atoms with Crippen LogP contribution in [0.1, 0.15) is 63.9 Å². The summed E-state index contributed by atoms with van der Waals surface area (Å²) in [6.45, 7) is 2.34. The summed E-state index contributed by atoms with van der Waals surface area (Å²) in [6.07, 6.45) is 4.91. The van der Waals surface area contributed by atoms with Crippen molar-refractivity contribution in [1.29, 1.82) is 0 Å². The number of hydrogen-bond acceptors (Lipinski definition) is 6. The van der Waals surface area contributed by atoms with Gasteiger partial charge in [0.05, 0.1) is 0 Å². The fourth-order valence-corrected chi connectivity index (χ4v) is 5.58. The maximum atomic E-state index is 13.4. The van der Waals surface area contributed by atoms with Gasteiger partial charge in [-0.15, -0.1) is 0 Å². The highest BCUT2D eigenvalue weighted by Crippen LogP contribution is 2.28. The van der Waals surface area contributed by atoms with Crippen molar-refractivity contribution in [3.8, 4) is 0 Å². The van der Waals surface area contributed by atoms with Crippen LogP contribution in [0.15, 0.2) is 30.3 Å². The van der Waals surface area contributed by atoms with Crippen molar-refractivity contribution in [2.24, 2.45) is 5.92 Å². The van der Waals surface area contributed by atoms with E-state index in [9.17, 15) is 24.0 Å². The highest BCUT2D eigenvalue weighted by molar-refractivity contribution is 6.38. The number of ketones is 1. The van der Waals surface area contributed by atoms with Gasteiger partial charge >= 0.3 is 6.09 Å². The number of nitrogens with one attached hydrogen (secondary N) is 3. The van der Waals surface area contributed by atoms with E-state index in [0.717, 1.165) is 37.7 Å². The molecule has 3 fully saturated rings. The number of amides is 4. The van der Waals surface area contributed by atoms with E-state index in [2.05, 4.69) is 16.0 Å². The number of hydrogen-bond donors (Lipinski definition) is 3. The molecule has 1 aliphatic carbocycles. The summed E-state index contributed by atoms with van der Waals surface area (Å²) in [6, 6.07) is 6.76. The zero-order valence-corrected chi connectivity index (χ0v) is 21.2. The molecule has 4 atom stereocenters. The molecular formula is C27H36N4O6. The molecule has 4 amide bonds. The molecule has 37 heavy (non-hydrogen) atoms. The number of ether oxygens (including phenoxy) is 1. The van der Waals surface area contributed by atoms with Gasteiger partial charge in [-0.25, -0.2) is 4.79 Å². The molecule has 200 valence electrons. The fourth-order valence-electron chi connectivity index (χ4n) is 5.58. The van der Waals surface area contributed by atoms with Crippen LogP contribution in [0.4, 0.5) is 4.79 Å². The molecule has 0 radical (unpaired) electrons. The summed E-state index contributed by atoms with van der Waals surface area (Å²) >= 11 is 0. The van der Waals surface area contributed by atoms with Gasteiger partial charge in [0.15, 0.2) is 0 Å². The third-order valence-corrected chi connectivity index (χ3v) is 7.58. The van der Waals surface area contributed by atoms with Gasteiger partial charge in [-0.1, -0.05) is 49.6 Å². The van der Waals surface area contributed by atoms with Crippen LogP contribution >= 0.6 is 0 Å². The van der Waals surface area contributed by atoms with Crippen LogP contribution in [0.3, 0.4) is 0 Å². The largest absolute Gasteiger partial charge is 0.445 e. The van der Waals surface area contributed by atoms with E-state index in [1.54, 1.807) is 6.92 Å². The minimum Gasteiger partial charge on any atom is -0.445 e. The molecule has 4 rings (SSSR count). The second-order valence-electron chi connectivity index (χ2n) is 10.3. The van der Waals surface area contributed by atoms with Gasteiger partial charge in [-0.3, -0.25) is 19.2 Å². The van der Waals surface area contributed by atoms with Gasteiger partial charge in [0, 0.05) is 24.5 Å². The third-order valence-electron chi connectivity index (χ3n) is 7.58. The lowest BCUT2D eigenvalue weighted by molar-refractivity contribution is -0.146. The lowest BCUT2D eigenvalue weighted by Crippen LogP contribution is -2.54. The standard InChI is InChI=1S/C27H36N4O6/c1-17-14-21(30-27(36)37-16-18-8-4-2-5-9-18)26(35)31(17)22(15-19-12-13-28-24(19)33)23(32)25(34)29-20-10-6-3-7-11-20/h2,4-5,8-9,17,19-22H,3,6-7,10-16H2,1H3,(H,28,33)(H,29,34)(H,30,36)/t17?,19?,21-,22-/m0/s1. The van der Waals surface area contributed by atoms with E-state index in [4.69, 9.17) is 4.74 Å². The fraction of sp³-hybridized carbons (Fsp3) is 0.593. The van der Waals surface area contributed by atoms with Crippen molar-refractivity contribution >= 4 is 29.6 Å². The number of rotatable bonds is 9. The van der Waals surface area contributed by atoms with E-state index in [1.807, 2.05) is 30.3 Å². The molecule has 10 heteroatoms. The van der Waals surface area contributed by atoms with Gasteiger partial charge in [0.1, 0.15) is 18.7 Å². The molecule has 2 heterocycles. The quantitative estimate of drug-likeness (QED) is 0.432. The van der Waals surface area contributed by atoms with Crippen LogP contribution in [-0.2, 0) is 30.5 Å². The molecule has 10 nitrogen and oxygen atoms in total. The van der Waals surface area contributed by atoms with Crippen molar-refractivity contribution in [3.63, 3.8) is 0 Å². The van der Waals surface area contributed by atoms with Crippen molar-refractivity contribution in [2.45, 2.75) is 89.1 Å². The Balaban J connectivity index is 1.43. The zero-order valence-electron chi connectivity index (χ0n) is 21.2. The molecule has 1 aromatic rings. The summed E-state index contributed by atoms with van der Waals surface area (Å²) in [5, 5.41) is 8.21. The SMILES string of the molecule is CC1C[C@H](NC(=O)OCc2ccccc2)C(=O)N1[C@@H](CC1CCNC1=O)C(=O)C(=O)NC1CCCCC1. The van der Waals surface area contributed by atoms with Crippen molar-refractivity contribution in [2.75, 3.05) is 6.54 Å². The highest BCUT2D eigenvalue weighted by Gasteiger charge is 2.47. The molecule has 1 saturated carbocycles. The van der Waals surface area contributed by atoms with Gasteiger partial charge < -0.3 is 25.6 Å². The van der Waals surface area contributed by atoms with Gasteiger partial charge in [0.25, 0.3) is 5.91 Å². The summed E-state index contributed by atoms with van der Waals surface area (Å²) in [5.41, 5.74) is 0.815. The van der Waals surface area contributed by atoms with Crippen LogP contribution < -0.4 is 16.0 Å². The number of Topliss-reactive ketones (excluding diaryl/α,β-unsaturated/α-hetero) is 1. The average Bonchev–Trinajstić information content (AvgIpc) is 3.43. The smallest absolute Gasteiger partial charge is 0.408 e. The van der Waals surface area contributed by atoms with E-state index in [1.165, 1.54) is 4.90 Å². The number of carbonyl (C=O) groups excluding carboxylic acids is 5. The first-order chi connectivity index (χ1) is 17.8. The van der Waals surface area contributed by atoms with Gasteiger partial charge in [-0.2, -0.15) is 0 Å². The number of nitrogens with zero attached hydrogens (tertiary/aromatic N) is 1. The number of alkyl carbamates (subject to hydrolysis) is 1. The summed E-state index contributed by atoms with van der Waals surface area (Å²) in [4.78, 5) is 65.9. The monoisotopic (exact) mass is 512 g/mol. The van der Waals surface area contributed by atoms with E-state index in [-0.39, 0.29) is 31.4 Å². The minimum atomic E-state index is -1.08. The topological polar surface area (TPSA) is 134 Å². The Morgan fingerprint density at radius 2 is 1.78 bits per heavy atom. The Labute approximate surface area is 216 Å². The zero-order chi connectivity index (χ0) is 26.4. The second kappa shape index (κ2) is 12.2. The summed E-state index contributed by atoms with van der Waals surface area (Å²) in [7, 11) is 0. The first-order valence-electron chi connectivity index (χ1n) is 13.2. The molecule has 1 aromatic carbocycles. The maximum absolute atomic E-state index is 13.4. The normalized spacial score (nSPS) is 24.9. The molecule has 0 bridgehead atoms. The Morgan fingerprint density at radius 1 is 1.05 bits per heavy atom. The van der Waals surface area contributed by atoms with E-state index in [0.29, 0.717) is 13.0 Å². The minimum absolute atomic E-state index is 0.0545. The predicted molar refractivity (Wildman–Crippen MR) is 134 cm³/mol. The molecule has 0 aromatic heterocycles. The Morgan fingerprint density at radius 3 is 2.46 bits per heavy atom. The summed E-state index contributed by atoms with van der Waals surface area (Å²) in [5.74, 6) is -2.51. The molecule has 2 saturated heterocycles. The summed E-state index contributed by atoms with van der Waals surface area (Å²) < 4.78 is 5.26. The van der Waals surface area contributed by atoms with Crippen LogP contribution in [0.5, 0.6) is 0 Å². The lowest BCUT2D eigenvalue weighted by Gasteiger charge is -2.32. The van der Waals surface area contributed by atoms with Crippen LogP contribution in [-0.4, -0.2) is 65.2 Å². The number of likely N-dealkylation sites (tertiary alicyclic amines) is 1. The first-order valence-corrected chi connectivity index (χ1v) is 13.2. The lowest BCUT2D eigenvalue weighted by atomic mass is 9.92. The van der Waals surface area contributed by atoms with Gasteiger partial charge in [0.2, 0.25) is 17.6 Å².